The number of ether oxygens (including phenoxy) is 3. The molecule has 1 aliphatic rings. The van der Waals surface area contributed by atoms with E-state index in [0.717, 1.165) is 12.8 Å². The van der Waals surface area contributed by atoms with E-state index in [2.05, 4.69) is 103 Å². The number of methoxy groups -OCH3 is 1. The van der Waals surface area contributed by atoms with Gasteiger partial charge in [-0.2, -0.15) is 0 Å². The van der Waals surface area contributed by atoms with Crippen molar-refractivity contribution in [2.45, 2.75) is 155 Å². The molecule has 1 heterocycles. The van der Waals surface area contributed by atoms with Crippen molar-refractivity contribution < 1.29 is 47.0 Å². The van der Waals surface area contributed by atoms with Crippen molar-refractivity contribution >= 4 is 57.9 Å². The SMILES string of the molecule is C=CCOC(=O)N[C@H](C(=O)N[C@@H](C)C(=O)Nc1ccc(COC(=O)Nc2cc(O[Si](C(C)C)(C(C)C)C(C)C)c(OC)cc2C(=O)N2CCC[C@H]2CO[Si](C)(C)C(C)(C)C)cc1)C(C)C. The minimum Gasteiger partial charge on any atom is -0.540 e. The number of nitrogens with zero attached hydrogens (tertiary/aromatic N) is 1. The third-order valence-corrected chi connectivity index (χ3v) is 23.2. The first kappa shape index (κ1) is 54.5. The van der Waals surface area contributed by atoms with Crippen LogP contribution in [0.15, 0.2) is 49.1 Å². The van der Waals surface area contributed by atoms with Crippen LogP contribution in [0.5, 0.6) is 11.5 Å². The molecular weight excluding hydrogens is 863 g/mol. The zero-order valence-electron chi connectivity index (χ0n) is 41.6. The van der Waals surface area contributed by atoms with Crippen molar-refractivity contribution in [3.05, 3.63) is 60.2 Å². The molecule has 1 aliphatic heterocycles. The number of carbonyl (C=O) groups is 5. The van der Waals surface area contributed by atoms with Crippen molar-refractivity contribution in [2.24, 2.45) is 5.92 Å². The van der Waals surface area contributed by atoms with E-state index in [1.807, 2.05) is 4.90 Å². The Morgan fingerprint density at radius 2 is 1.45 bits per heavy atom. The zero-order valence-corrected chi connectivity index (χ0v) is 43.6. The number of amides is 5. The Hall–Kier alpha value is -4.88. The fourth-order valence-corrected chi connectivity index (χ4v) is 14.3. The number of hydrogen-bond acceptors (Lipinski definition) is 10. The molecule has 4 N–H and O–H groups in total. The fraction of sp³-hybridized carbons (Fsp3) is 0.604. The summed E-state index contributed by atoms with van der Waals surface area (Å²) in [6.45, 7) is 33.5. The third-order valence-electron chi connectivity index (χ3n) is 12.7. The monoisotopic (exact) mass is 940 g/mol. The molecular formula is C48H77N5O10Si2. The van der Waals surface area contributed by atoms with Crippen LogP contribution in [0.3, 0.4) is 0 Å². The van der Waals surface area contributed by atoms with E-state index >= 15 is 0 Å². The number of carbonyl (C=O) groups excluding carboxylic acids is 5. The van der Waals surface area contributed by atoms with Gasteiger partial charge in [0.25, 0.3) is 14.2 Å². The van der Waals surface area contributed by atoms with Gasteiger partial charge in [0, 0.05) is 18.3 Å². The van der Waals surface area contributed by atoms with Crippen molar-refractivity contribution in [1.29, 1.82) is 0 Å². The minimum absolute atomic E-state index is 0.00958. The second-order valence-electron chi connectivity index (χ2n) is 19.7. The number of likely N-dealkylation sites (tertiary alicyclic amines) is 1. The van der Waals surface area contributed by atoms with E-state index in [1.54, 1.807) is 57.4 Å². The summed E-state index contributed by atoms with van der Waals surface area (Å²) >= 11 is 0. The molecule has 0 saturated carbocycles. The molecule has 0 unspecified atom stereocenters. The number of benzene rings is 2. The highest BCUT2D eigenvalue weighted by Gasteiger charge is 2.48. The predicted molar refractivity (Wildman–Crippen MR) is 262 cm³/mol. The number of anilines is 2. The Morgan fingerprint density at radius 3 is 1.98 bits per heavy atom. The van der Waals surface area contributed by atoms with E-state index in [9.17, 15) is 24.0 Å². The van der Waals surface area contributed by atoms with Crippen LogP contribution in [0.1, 0.15) is 112 Å². The Labute approximate surface area is 389 Å². The molecule has 3 atom stereocenters. The number of rotatable bonds is 21. The van der Waals surface area contributed by atoms with Crippen LogP contribution in [0, 0.1) is 5.92 Å². The molecule has 3 rings (SSSR count). The Morgan fingerprint density at radius 1 is 0.831 bits per heavy atom. The molecule has 5 amide bonds. The van der Waals surface area contributed by atoms with Crippen molar-refractivity contribution in [1.82, 2.24) is 15.5 Å². The van der Waals surface area contributed by atoms with Gasteiger partial charge < -0.3 is 43.9 Å². The lowest BCUT2D eigenvalue weighted by molar-refractivity contribution is -0.128. The molecule has 1 fully saturated rings. The smallest absolute Gasteiger partial charge is 0.411 e. The molecule has 17 heteroatoms. The summed E-state index contributed by atoms with van der Waals surface area (Å²) in [6, 6.07) is 8.05. The first-order valence-electron chi connectivity index (χ1n) is 22.8. The molecule has 0 spiro atoms. The summed E-state index contributed by atoms with van der Waals surface area (Å²) in [6.07, 6.45) is 1.50. The van der Waals surface area contributed by atoms with E-state index in [0.29, 0.717) is 35.9 Å². The first-order chi connectivity index (χ1) is 30.3. The highest BCUT2D eigenvalue weighted by atomic mass is 28.4. The lowest BCUT2D eigenvalue weighted by Gasteiger charge is -2.42. The van der Waals surface area contributed by atoms with Gasteiger partial charge in [0.05, 0.1) is 31.0 Å². The van der Waals surface area contributed by atoms with Gasteiger partial charge in [-0.25, -0.2) is 9.59 Å². The van der Waals surface area contributed by atoms with Gasteiger partial charge in [-0.05, 0) is 84.2 Å². The summed E-state index contributed by atoms with van der Waals surface area (Å²) in [5.74, 6) is -0.696. The molecule has 0 aliphatic carbocycles. The maximum absolute atomic E-state index is 14.6. The quantitative estimate of drug-likeness (QED) is 0.0694. The zero-order chi connectivity index (χ0) is 49.0. The van der Waals surface area contributed by atoms with Gasteiger partial charge in [-0.3, -0.25) is 19.7 Å². The Balaban J connectivity index is 1.83. The lowest BCUT2D eigenvalue weighted by Crippen LogP contribution is -2.53. The topological polar surface area (TPSA) is 183 Å². The highest BCUT2D eigenvalue weighted by Crippen LogP contribution is 2.46. The van der Waals surface area contributed by atoms with E-state index in [1.165, 1.54) is 13.0 Å². The summed E-state index contributed by atoms with van der Waals surface area (Å²) < 4.78 is 30.2. The van der Waals surface area contributed by atoms with E-state index in [4.69, 9.17) is 23.1 Å². The number of alkyl carbamates (subject to hydrolysis) is 1. The Bertz CT molecular complexity index is 1940. The van der Waals surface area contributed by atoms with Crippen LogP contribution in [0.25, 0.3) is 0 Å². The highest BCUT2D eigenvalue weighted by molar-refractivity contribution is 6.78. The summed E-state index contributed by atoms with van der Waals surface area (Å²) in [5.41, 5.74) is 2.32. The average Bonchev–Trinajstić information content (AvgIpc) is 3.70. The molecule has 2 aromatic carbocycles. The molecule has 1 saturated heterocycles. The first-order valence-corrected chi connectivity index (χ1v) is 27.9. The van der Waals surface area contributed by atoms with Crippen LogP contribution in [0.4, 0.5) is 21.0 Å². The van der Waals surface area contributed by atoms with Gasteiger partial charge in [0.1, 0.15) is 31.0 Å². The van der Waals surface area contributed by atoms with Crippen LogP contribution in [-0.4, -0.2) is 96.4 Å². The maximum atomic E-state index is 14.6. The largest absolute Gasteiger partial charge is 0.540 e. The van der Waals surface area contributed by atoms with E-state index < -0.39 is 52.7 Å². The molecule has 0 radical (unpaired) electrons. The van der Waals surface area contributed by atoms with Gasteiger partial charge in [-0.1, -0.05) is 101 Å². The number of nitrogens with one attached hydrogen (secondary N) is 4. The molecule has 15 nitrogen and oxygen atoms in total. The van der Waals surface area contributed by atoms with Gasteiger partial charge in [0.15, 0.2) is 14.1 Å². The predicted octanol–water partition coefficient (Wildman–Crippen LogP) is 10.0. The van der Waals surface area contributed by atoms with Crippen molar-refractivity contribution in [3.63, 3.8) is 0 Å². The normalized spacial score (nSPS) is 15.4. The minimum atomic E-state index is -2.51. The molecule has 0 aromatic heterocycles. The summed E-state index contributed by atoms with van der Waals surface area (Å²) in [7, 11) is -3.04. The van der Waals surface area contributed by atoms with Gasteiger partial charge >= 0.3 is 12.2 Å². The second kappa shape index (κ2) is 23.5. The second-order valence-corrected chi connectivity index (χ2v) is 29.9. The lowest BCUT2D eigenvalue weighted by atomic mass is 10.0. The summed E-state index contributed by atoms with van der Waals surface area (Å²) in [5, 5.41) is 10.8. The standard InChI is InChI=1S/C48H77N5O10Si2/c1-17-25-60-47(58)52-42(30(2)3)44(55)49-34(10)43(54)50-36-22-20-35(21-23-36)28-61-46(57)51-39-27-41(63-65(31(4)5,32(6)7)33(8)9)40(59-14)26-38(39)45(56)53-24-18-19-37(53)29-62-64(15,16)48(11,12)13/h17,20-23,26-27,30-34,37,42H,1,18-19,24-25,28-29H2,2-16H3,(H,49,55)(H,50,54)(H,51,57)(H,52,58)/t34-,37-,42-/m0/s1. The third kappa shape index (κ3) is 14.3. The summed E-state index contributed by atoms with van der Waals surface area (Å²) in [4.78, 5) is 68.2. The maximum Gasteiger partial charge on any atom is 0.411 e. The van der Waals surface area contributed by atoms with Crippen LogP contribution in [-0.2, 0) is 30.1 Å². The van der Waals surface area contributed by atoms with Gasteiger partial charge in [-0.15, -0.1) is 0 Å². The molecule has 0 bridgehead atoms. The number of hydrogen-bond donors (Lipinski definition) is 4. The van der Waals surface area contributed by atoms with Crippen LogP contribution in [0.2, 0.25) is 34.8 Å². The van der Waals surface area contributed by atoms with Crippen molar-refractivity contribution in [2.75, 3.05) is 37.5 Å². The molecule has 2 aromatic rings. The van der Waals surface area contributed by atoms with Crippen molar-refractivity contribution in [3.8, 4) is 11.5 Å². The van der Waals surface area contributed by atoms with Crippen LogP contribution >= 0.6 is 0 Å². The molecule has 65 heavy (non-hydrogen) atoms. The Kier molecular flexibility index (Phi) is 19.7. The average molecular weight is 940 g/mol. The van der Waals surface area contributed by atoms with Crippen LogP contribution < -0.4 is 30.4 Å². The molecule has 362 valence electrons. The van der Waals surface area contributed by atoms with Gasteiger partial charge in [0.2, 0.25) is 11.8 Å². The van der Waals surface area contributed by atoms with E-state index in [-0.39, 0.29) is 64.0 Å². The fourth-order valence-electron chi connectivity index (χ4n) is 8.01.